The Morgan fingerprint density at radius 3 is 2.06 bits per heavy atom. The van der Waals surface area contributed by atoms with Crippen molar-refractivity contribution < 1.29 is 0 Å². The van der Waals surface area contributed by atoms with Gasteiger partial charge in [0, 0.05) is 12.1 Å². The van der Waals surface area contributed by atoms with Gasteiger partial charge in [0.2, 0.25) is 0 Å². The number of rotatable bonds is 6. The second kappa shape index (κ2) is 6.80. The van der Waals surface area contributed by atoms with E-state index in [1.54, 1.807) is 0 Å². The van der Waals surface area contributed by atoms with E-state index in [4.69, 9.17) is 0 Å². The Hall–Kier alpha value is -0.820. The Labute approximate surface area is 107 Å². The minimum atomic E-state index is 0.433. The largest absolute Gasteiger partial charge is 0.307 e. The van der Waals surface area contributed by atoms with Gasteiger partial charge >= 0.3 is 0 Å². The van der Waals surface area contributed by atoms with Gasteiger partial charge in [0.25, 0.3) is 0 Å². The van der Waals surface area contributed by atoms with Crippen LogP contribution in [0.15, 0.2) is 24.3 Å². The second-order valence-electron chi connectivity index (χ2n) is 5.41. The average Bonchev–Trinajstić information content (AvgIpc) is 2.30. The van der Waals surface area contributed by atoms with Gasteiger partial charge in [-0.3, -0.25) is 0 Å². The molecule has 96 valence electrons. The smallest absolute Gasteiger partial charge is 0.0294 e. The molecule has 0 spiro atoms. The summed E-state index contributed by atoms with van der Waals surface area (Å²) in [6.45, 7) is 11.2. The summed E-state index contributed by atoms with van der Waals surface area (Å²) >= 11 is 0. The fourth-order valence-electron chi connectivity index (χ4n) is 1.94. The van der Waals surface area contributed by atoms with E-state index in [1.165, 1.54) is 24.0 Å². The normalized spacial score (nSPS) is 14.9. The Morgan fingerprint density at radius 1 is 1.00 bits per heavy atom. The van der Waals surface area contributed by atoms with Crippen LogP contribution in [0.3, 0.4) is 0 Å². The van der Waals surface area contributed by atoms with E-state index in [2.05, 4.69) is 64.2 Å². The van der Waals surface area contributed by atoms with E-state index in [-0.39, 0.29) is 0 Å². The molecule has 0 heterocycles. The third-order valence-corrected chi connectivity index (χ3v) is 3.53. The van der Waals surface area contributed by atoms with Gasteiger partial charge in [0.1, 0.15) is 0 Å². The third-order valence-electron chi connectivity index (χ3n) is 3.53. The maximum atomic E-state index is 3.65. The number of hydrogen-bond donors (Lipinski definition) is 1. The molecule has 1 heteroatoms. The molecule has 2 unspecified atom stereocenters. The predicted molar refractivity (Wildman–Crippen MR) is 76.3 cm³/mol. The van der Waals surface area contributed by atoms with Crippen LogP contribution in [-0.2, 0) is 6.42 Å². The van der Waals surface area contributed by atoms with Gasteiger partial charge in [-0.25, -0.2) is 0 Å². The van der Waals surface area contributed by atoms with Crippen molar-refractivity contribution in [2.24, 2.45) is 5.92 Å². The molecule has 2 atom stereocenters. The second-order valence-corrected chi connectivity index (χ2v) is 5.41. The lowest BCUT2D eigenvalue weighted by Crippen LogP contribution is -2.32. The molecule has 0 amide bonds. The molecule has 1 nitrogen and oxygen atoms in total. The van der Waals surface area contributed by atoms with Crippen LogP contribution in [0.25, 0.3) is 0 Å². The van der Waals surface area contributed by atoms with Gasteiger partial charge in [-0.05, 0) is 37.3 Å². The zero-order chi connectivity index (χ0) is 12.8. The van der Waals surface area contributed by atoms with E-state index >= 15 is 0 Å². The first kappa shape index (κ1) is 14.2. The summed E-state index contributed by atoms with van der Waals surface area (Å²) in [6, 6.07) is 10.0. The lowest BCUT2D eigenvalue weighted by molar-refractivity contribution is 0.389. The topological polar surface area (TPSA) is 12.0 Å². The lowest BCUT2D eigenvalue weighted by Gasteiger charge is -2.23. The highest BCUT2D eigenvalue weighted by molar-refractivity contribution is 5.24. The summed E-state index contributed by atoms with van der Waals surface area (Å²) in [5, 5.41) is 3.65. The lowest BCUT2D eigenvalue weighted by atomic mass is 10.0. The van der Waals surface area contributed by atoms with Gasteiger partial charge in [0.05, 0.1) is 0 Å². The third kappa shape index (κ3) is 4.51. The number of hydrogen-bond acceptors (Lipinski definition) is 1. The molecule has 1 N–H and O–H groups in total. The molecular weight excluding hydrogens is 206 g/mol. The molecular formula is C16H27N. The average molecular weight is 233 g/mol. The van der Waals surface area contributed by atoms with Crippen molar-refractivity contribution in [2.45, 2.75) is 59.5 Å². The highest BCUT2D eigenvalue weighted by Crippen LogP contribution is 2.16. The van der Waals surface area contributed by atoms with Crippen LogP contribution in [0.5, 0.6) is 0 Å². The predicted octanol–water partition coefficient (Wildman–Crippen LogP) is 4.33. The molecule has 1 aromatic carbocycles. The zero-order valence-electron chi connectivity index (χ0n) is 12.0. The minimum absolute atomic E-state index is 0.433. The first-order chi connectivity index (χ1) is 8.04. The van der Waals surface area contributed by atoms with Gasteiger partial charge in [0.15, 0.2) is 0 Å². The Bertz CT molecular complexity index is 313. The molecule has 0 aliphatic carbocycles. The van der Waals surface area contributed by atoms with Gasteiger partial charge in [-0.2, -0.15) is 0 Å². The van der Waals surface area contributed by atoms with Crippen molar-refractivity contribution in [3.05, 3.63) is 35.4 Å². The molecule has 1 aromatic rings. The summed E-state index contributed by atoms with van der Waals surface area (Å²) in [7, 11) is 0. The van der Waals surface area contributed by atoms with Crippen LogP contribution >= 0.6 is 0 Å². The van der Waals surface area contributed by atoms with E-state index in [1.807, 2.05) is 0 Å². The van der Waals surface area contributed by atoms with Crippen molar-refractivity contribution in [3.8, 4) is 0 Å². The van der Waals surface area contributed by atoms with Crippen molar-refractivity contribution in [3.63, 3.8) is 0 Å². The fraction of sp³-hybridized carbons (Fsp3) is 0.625. The Balaban J connectivity index is 2.60. The van der Waals surface area contributed by atoms with Crippen LogP contribution in [0.1, 0.15) is 58.2 Å². The van der Waals surface area contributed by atoms with Gasteiger partial charge < -0.3 is 5.32 Å². The first-order valence-electron chi connectivity index (χ1n) is 6.89. The van der Waals surface area contributed by atoms with Crippen LogP contribution in [0.4, 0.5) is 0 Å². The molecule has 0 aliphatic heterocycles. The monoisotopic (exact) mass is 233 g/mol. The summed E-state index contributed by atoms with van der Waals surface area (Å²) in [6.07, 6.45) is 2.40. The van der Waals surface area contributed by atoms with E-state index in [0.717, 1.165) is 0 Å². The van der Waals surface area contributed by atoms with Crippen molar-refractivity contribution in [2.75, 3.05) is 0 Å². The van der Waals surface area contributed by atoms with Crippen LogP contribution in [0.2, 0.25) is 0 Å². The van der Waals surface area contributed by atoms with E-state index in [0.29, 0.717) is 18.0 Å². The highest BCUT2D eigenvalue weighted by Gasteiger charge is 2.11. The quantitative estimate of drug-likeness (QED) is 0.771. The molecule has 1 rings (SSSR count). The van der Waals surface area contributed by atoms with Gasteiger partial charge in [-0.1, -0.05) is 51.5 Å². The van der Waals surface area contributed by atoms with Crippen molar-refractivity contribution in [1.29, 1.82) is 0 Å². The summed E-state index contributed by atoms with van der Waals surface area (Å²) in [5.74, 6) is 0.678. The van der Waals surface area contributed by atoms with E-state index < -0.39 is 0 Å². The molecule has 0 saturated heterocycles. The van der Waals surface area contributed by atoms with E-state index in [9.17, 15) is 0 Å². The first-order valence-corrected chi connectivity index (χ1v) is 6.89. The molecule has 0 bridgehead atoms. The zero-order valence-corrected chi connectivity index (χ0v) is 12.0. The van der Waals surface area contributed by atoms with Gasteiger partial charge in [-0.15, -0.1) is 0 Å². The molecule has 0 aromatic heterocycles. The molecule has 0 fully saturated rings. The SMILES string of the molecule is CCCc1ccc(C(C)NC(C)C(C)C)cc1. The standard InChI is InChI=1S/C16H27N/c1-6-7-15-8-10-16(11-9-15)14(5)17-13(4)12(2)3/h8-14,17H,6-7H2,1-5H3. The maximum Gasteiger partial charge on any atom is 0.0294 e. The fourth-order valence-corrected chi connectivity index (χ4v) is 1.94. The maximum absolute atomic E-state index is 3.65. The number of benzene rings is 1. The number of aryl methyl sites for hydroxylation is 1. The summed E-state index contributed by atoms with van der Waals surface area (Å²) in [4.78, 5) is 0. The van der Waals surface area contributed by atoms with Crippen LogP contribution in [-0.4, -0.2) is 6.04 Å². The Morgan fingerprint density at radius 2 is 1.59 bits per heavy atom. The highest BCUT2D eigenvalue weighted by atomic mass is 14.9. The van der Waals surface area contributed by atoms with Crippen molar-refractivity contribution in [1.82, 2.24) is 5.32 Å². The summed E-state index contributed by atoms with van der Waals surface area (Å²) in [5.41, 5.74) is 2.83. The molecule has 0 saturated carbocycles. The molecule has 0 radical (unpaired) electrons. The molecule has 17 heavy (non-hydrogen) atoms. The van der Waals surface area contributed by atoms with Crippen LogP contribution in [0, 0.1) is 5.92 Å². The Kier molecular flexibility index (Phi) is 5.70. The number of nitrogens with one attached hydrogen (secondary N) is 1. The molecule has 0 aliphatic rings. The summed E-state index contributed by atoms with van der Waals surface area (Å²) < 4.78 is 0. The minimum Gasteiger partial charge on any atom is -0.307 e. The van der Waals surface area contributed by atoms with Crippen molar-refractivity contribution >= 4 is 0 Å². The van der Waals surface area contributed by atoms with Crippen LogP contribution < -0.4 is 5.32 Å².